The minimum Gasteiger partial charge on any atom is -0.377 e. The highest BCUT2D eigenvalue weighted by molar-refractivity contribution is 5.52. The summed E-state index contributed by atoms with van der Waals surface area (Å²) in [4.78, 5) is 6.72. The number of pyridine rings is 1. The molecule has 4 nitrogen and oxygen atoms in total. The van der Waals surface area contributed by atoms with Crippen LogP contribution in [0.15, 0.2) is 18.5 Å². The zero-order valence-corrected chi connectivity index (χ0v) is 13.1. The van der Waals surface area contributed by atoms with Gasteiger partial charge in [-0.15, -0.1) is 0 Å². The summed E-state index contributed by atoms with van der Waals surface area (Å²) in [6.45, 7) is 9.44. The molecule has 1 saturated heterocycles. The van der Waals surface area contributed by atoms with Crippen molar-refractivity contribution in [3.63, 3.8) is 0 Å². The minimum absolute atomic E-state index is 0.0448. The number of aromatic nitrogens is 1. The summed E-state index contributed by atoms with van der Waals surface area (Å²) in [6.07, 6.45) is 6.15. The van der Waals surface area contributed by atoms with Gasteiger partial charge in [0.1, 0.15) is 0 Å². The first-order valence-electron chi connectivity index (χ1n) is 7.50. The Hall–Kier alpha value is -1.13. The molecular weight excluding hydrogens is 250 g/mol. The third-order valence-corrected chi connectivity index (χ3v) is 4.08. The van der Waals surface area contributed by atoms with E-state index in [0.717, 1.165) is 32.5 Å². The van der Waals surface area contributed by atoms with Gasteiger partial charge in [-0.25, -0.2) is 0 Å². The molecule has 112 valence electrons. The number of nitrogens with one attached hydrogen (secondary N) is 1. The summed E-state index contributed by atoms with van der Waals surface area (Å²) in [5, 5.41) is 3.49. The van der Waals surface area contributed by atoms with Crippen LogP contribution in [0, 0.1) is 0 Å². The van der Waals surface area contributed by atoms with Gasteiger partial charge in [0.15, 0.2) is 0 Å². The Bertz CT molecular complexity index is 435. The van der Waals surface area contributed by atoms with Crippen molar-refractivity contribution in [2.24, 2.45) is 0 Å². The molecule has 0 amide bonds. The van der Waals surface area contributed by atoms with Gasteiger partial charge in [-0.3, -0.25) is 4.98 Å². The van der Waals surface area contributed by atoms with Gasteiger partial charge < -0.3 is 15.0 Å². The Balaban J connectivity index is 2.15. The number of anilines is 1. The third-order valence-electron chi connectivity index (χ3n) is 4.08. The second-order valence-corrected chi connectivity index (χ2v) is 6.22. The molecule has 2 rings (SSSR count). The Morgan fingerprint density at radius 2 is 2.30 bits per heavy atom. The molecule has 1 aromatic rings. The van der Waals surface area contributed by atoms with E-state index in [-0.39, 0.29) is 5.60 Å². The number of rotatable bonds is 5. The average Bonchev–Trinajstić information content (AvgIpc) is 2.45. The molecule has 4 heteroatoms. The minimum atomic E-state index is -0.0448. The highest BCUT2D eigenvalue weighted by Crippen LogP contribution is 2.29. The van der Waals surface area contributed by atoms with E-state index in [0.29, 0.717) is 6.04 Å². The maximum Gasteiger partial charge on any atom is 0.0825 e. The molecule has 1 aliphatic rings. The largest absolute Gasteiger partial charge is 0.377 e. The second kappa shape index (κ2) is 6.55. The molecule has 0 bridgehead atoms. The second-order valence-electron chi connectivity index (χ2n) is 6.22. The number of piperidine rings is 1. The topological polar surface area (TPSA) is 37.4 Å². The van der Waals surface area contributed by atoms with Crippen LogP contribution in [0.4, 0.5) is 5.69 Å². The van der Waals surface area contributed by atoms with Crippen LogP contribution in [0.2, 0.25) is 0 Å². The van der Waals surface area contributed by atoms with Crippen molar-refractivity contribution in [3.05, 3.63) is 24.0 Å². The molecule has 2 heterocycles. The highest BCUT2D eigenvalue weighted by Gasteiger charge is 2.31. The molecule has 1 aliphatic heterocycles. The quantitative estimate of drug-likeness (QED) is 0.897. The number of nitrogens with zero attached hydrogens (tertiary/aromatic N) is 2. The lowest BCUT2D eigenvalue weighted by atomic mass is 9.94. The van der Waals surface area contributed by atoms with Gasteiger partial charge in [-0.2, -0.15) is 0 Å². The van der Waals surface area contributed by atoms with E-state index in [4.69, 9.17) is 4.74 Å². The fraction of sp³-hybridized carbons (Fsp3) is 0.688. The number of hydrogen-bond acceptors (Lipinski definition) is 4. The first kappa shape index (κ1) is 15.3. The molecular formula is C16H27N3O. The van der Waals surface area contributed by atoms with Crippen molar-refractivity contribution in [2.75, 3.05) is 25.1 Å². The monoisotopic (exact) mass is 277 g/mol. The molecule has 1 atom stereocenters. The summed E-state index contributed by atoms with van der Waals surface area (Å²) in [5.74, 6) is 0. The maximum absolute atomic E-state index is 5.69. The van der Waals surface area contributed by atoms with Crippen molar-refractivity contribution < 1.29 is 4.74 Å². The molecule has 1 aromatic heterocycles. The maximum atomic E-state index is 5.69. The standard InChI is InChI=1S/C16H27N3O/c1-13(2)18-10-14-6-8-17-11-15(14)19-9-5-7-16(3,12-19)20-4/h6,8,11,13,18H,5,7,9-10,12H2,1-4H3. The third kappa shape index (κ3) is 3.70. The molecule has 0 aliphatic carbocycles. The van der Waals surface area contributed by atoms with Crippen LogP contribution < -0.4 is 10.2 Å². The molecule has 1 N–H and O–H groups in total. The SMILES string of the molecule is COC1(C)CCCN(c2cnccc2CNC(C)C)C1. The highest BCUT2D eigenvalue weighted by atomic mass is 16.5. The van der Waals surface area contributed by atoms with Gasteiger partial charge in [-0.05, 0) is 31.4 Å². The Morgan fingerprint density at radius 3 is 3.00 bits per heavy atom. The van der Waals surface area contributed by atoms with Gasteiger partial charge in [0.05, 0.1) is 17.5 Å². The van der Waals surface area contributed by atoms with Crippen molar-refractivity contribution in [2.45, 2.75) is 51.8 Å². The molecule has 1 unspecified atom stereocenters. The first-order chi connectivity index (χ1) is 9.54. The van der Waals surface area contributed by atoms with Crippen molar-refractivity contribution in [1.29, 1.82) is 0 Å². The zero-order chi connectivity index (χ0) is 14.6. The summed E-state index contributed by atoms with van der Waals surface area (Å²) in [5.41, 5.74) is 2.51. The lowest BCUT2D eigenvalue weighted by Gasteiger charge is -2.41. The van der Waals surface area contributed by atoms with Gasteiger partial charge in [0.25, 0.3) is 0 Å². The smallest absolute Gasteiger partial charge is 0.0825 e. The van der Waals surface area contributed by atoms with Crippen LogP contribution in [0.25, 0.3) is 0 Å². The van der Waals surface area contributed by atoms with E-state index in [1.807, 2.05) is 19.5 Å². The lowest BCUT2D eigenvalue weighted by Crippen LogP contribution is -2.47. The average molecular weight is 277 g/mol. The van der Waals surface area contributed by atoms with E-state index in [1.54, 1.807) is 0 Å². The molecule has 20 heavy (non-hydrogen) atoms. The van der Waals surface area contributed by atoms with Gasteiger partial charge >= 0.3 is 0 Å². The van der Waals surface area contributed by atoms with E-state index < -0.39 is 0 Å². The van der Waals surface area contributed by atoms with Crippen LogP contribution in [0.5, 0.6) is 0 Å². The van der Waals surface area contributed by atoms with Crippen LogP contribution in [-0.4, -0.2) is 36.8 Å². The van der Waals surface area contributed by atoms with Crippen LogP contribution in [0.3, 0.4) is 0 Å². The Morgan fingerprint density at radius 1 is 1.50 bits per heavy atom. The molecule has 1 fully saturated rings. The predicted octanol–water partition coefficient (Wildman–Crippen LogP) is 2.58. The van der Waals surface area contributed by atoms with E-state index in [1.165, 1.54) is 11.3 Å². The van der Waals surface area contributed by atoms with Gasteiger partial charge in [-0.1, -0.05) is 13.8 Å². The van der Waals surface area contributed by atoms with Crippen molar-refractivity contribution in [1.82, 2.24) is 10.3 Å². The normalized spacial score (nSPS) is 23.4. The molecule has 0 radical (unpaired) electrons. The fourth-order valence-electron chi connectivity index (χ4n) is 2.74. The summed E-state index contributed by atoms with van der Waals surface area (Å²) >= 11 is 0. The van der Waals surface area contributed by atoms with E-state index >= 15 is 0 Å². The fourth-order valence-corrected chi connectivity index (χ4v) is 2.74. The number of hydrogen-bond donors (Lipinski definition) is 1. The Kier molecular flexibility index (Phi) is 5.00. The zero-order valence-electron chi connectivity index (χ0n) is 13.1. The Labute approximate surface area is 122 Å². The summed E-state index contributed by atoms with van der Waals surface area (Å²) in [6, 6.07) is 2.60. The molecule has 0 spiro atoms. The summed E-state index contributed by atoms with van der Waals surface area (Å²) < 4.78 is 5.69. The number of ether oxygens (including phenoxy) is 1. The van der Waals surface area contributed by atoms with Gasteiger partial charge in [0, 0.05) is 39.0 Å². The van der Waals surface area contributed by atoms with Crippen molar-refractivity contribution in [3.8, 4) is 0 Å². The molecule has 0 aromatic carbocycles. The van der Waals surface area contributed by atoms with E-state index in [2.05, 4.69) is 42.0 Å². The first-order valence-corrected chi connectivity index (χ1v) is 7.50. The van der Waals surface area contributed by atoms with E-state index in [9.17, 15) is 0 Å². The predicted molar refractivity (Wildman–Crippen MR) is 83.1 cm³/mol. The number of methoxy groups -OCH3 is 1. The molecule has 0 saturated carbocycles. The lowest BCUT2D eigenvalue weighted by molar-refractivity contribution is -0.00469. The van der Waals surface area contributed by atoms with Crippen LogP contribution >= 0.6 is 0 Å². The van der Waals surface area contributed by atoms with Crippen LogP contribution in [-0.2, 0) is 11.3 Å². The van der Waals surface area contributed by atoms with Crippen molar-refractivity contribution >= 4 is 5.69 Å². The van der Waals surface area contributed by atoms with Crippen LogP contribution in [0.1, 0.15) is 39.2 Å². The van der Waals surface area contributed by atoms with Gasteiger partial charge in [0.2, 0.25) is 0 Å². The summed E-state index contributed by atoms with van der Waals surface area (Å²) in [7, 11) is 1.81.